The lowest BCUT2D eigenvalue weighted by molar-refractivity contribution is 0.180. The third-order valence-corrected chi connectivity index (χ3v) is 3.63. The summed E-state index contributed by atoms with van der Waals surface area (Å²) in [5, 5.41) is 14.6. The first-order valence-corrected chi connectivity index (χ1v) is 6.88. The standard InChI is InChI=1S/C15H13BrN2O/c16-12-5-3-4-11(8-12)9-15(19)13-10-17-18-7-2-1-6-14(13)18/h1-8,10,15,19H,9H2. The van der Waals surface area contributed by atoms with Gasteiger partial charge < -0.3 is 5.11 Å². The van der Waals surface area contributed by atoms with Crippen molar-refractivity contribution < 1.29 is 5.11 Å². The number of aliphatic hydroxyl groups is 1. The second-order valence-corrected chi connectivity index (χ2v) is 5.40. The van der Waals surface area contributed by atoms with Gasteiger partial charge in [-0.3, -0.25) is 0 Å². The van der Waals surface area contributed by atoms with E-state index in [1.54, 1.807) is 10.7 Å². The lowest BCUT2D eigenvalue weighted by Gasteiger charge is -2.09. The molecule has 0 aliphatic rings. The molecule has 0 radical (unpaired) electrons. The highest BCUT2D eigenvalue weighted by Crippen LogP contribution is 2.23. The topological polar surface area (TPSA) is 37.5 Å². The molecule has 0 saturated carbocycles. The van der Waals surface area contributed by atoms with Crippen LogP contribution >= 0.6 is 15.9 Å². The molecule has 19 heavy (non-hydrogen) atoms. The number of benzene rings is 1. The summed E-state index contributed by atoms with van der Waals surface area (Å²) in [5.41, 5.74) is 2.91. The van der Waals surface area contributed by atoms with E-state index in [9.17, 15) is 5.11 Å². The van der Waals surface area contributed by atoms with Gasteiger partial charge in [0.05, 0.1) is 17.8 Å². The molecule has 3 nitrogen and oxygen atoms in total. The number of rotatable bonds is 3. The molecular weight excluding hydrogens is 304 g/mol. The van der Waals surface area contributed by atoms with Crippen molar-refractivity contribution in [2.75, 3.05) is 0 Å². The van der Waals surface area contributed by atoms with Gasteiger partial charge >= 0.3 is 0 Å². The van der Waals surface area contributed by atoms with Crippen LogP contribution in [0.2, 0.25) is 0 Å². The van der Waals surface area contributed by atoms with Gasteiger partial charge in [-0.2, -0.15) is 5.10 Å². The molecule has 0 fully saturated rings. The lowest BCUT2D eigenvalue weighted by Crippen LogP contribution is -2.01. The molecule has 1 unspecified atom stereocenters. The number of fused-ring (bicyclic) bond motifs is 1. The fraction of sp³-hybridized carbons (Fsp3) is 0.133. The average Bonchev–Trinajstić information content (AvgIpc) is 2.82. The third-order valence-electron chi connectivity index (χ3n) is 3.13. The van der Waals surface area contributed by atoms with Crippen molar-refractivity contribution in [1.82, 2.24) is 9.61 Å². The molecular formula is C15H13BrN2O. The highest BCUT2D eigenvalue weighted by molar-refractivity contribution is 9.10. The summed E-state index contributed by atoms with van der Waals surface area (Å²) < 4.78 is 2.80. The largest absolute Gasteiger partial charge is 0.388 e. The van der Waals surface area contributed by atoms with Crippen molar-refractivity contribution >= 4 is 21.4 Å². The minimum atomic E-state index is -0.547. The van der Waals surface area contributed by atoms with Crippen molar-refractivity contribution in [2.45, 2.75) is 12.5 Å². The van der Waals surface area contributed by atoms with E-state index >= 15 is 0 Å². The van der Waals surface area contributed by atoms with E-state index in [0.717, 1.165) is 21.1 Å². The van der Waals surface area contributed by atoms with Gasteiger partial charge in [-0.1, -0.05) is 34.1 Å². The Balaban J connectivity index is 1.90. The number of nitrogens with zero attached hydrogens (tertiary/aromatic N) is 2. The second-order valence-electron chi connectivity index (χ2n) is 4.48. The van der Waals surface area contributed by atoms with Gasteiger partial charge in [0.15, 0.2) is 0 Å². The van der Waals surface area contributed by atoms with Crippen molar-refractivity contribution in [1.29, 1.82) is 0 Å². The van der Waals surface area contributed by atoms with Gasteiger partial charge in [-0.05, 0) is 29.8 Å². The first-order chi connectivity index (χ1) is 9.24. The van der Waals surface area contributed by atoms with Crippen LogP contribution in [0.15, 0.2) is 59.3 Å². The Bertz CT molecular complexity index is 708. The van der Waals surface area contributed by atoms with Crippen molar-refractivity contribution in [3.63, 3.8) is 0 Å². The summed E-state index contributed by atoms with van der Waals surface area (Å²) in [5.74, 6) is 0. The molecule has 0 bridgehead atoms. The molecule has 0 aliphatic heterocycles. The van der Waals surface area contributed by atoms with E-state index in [-0.39, 0.29) is 0 Å². The van der Waals surface area contributed by atoms with E-state index < -0.39 is 6.10 Å². The molecule has 1 atom stereocenters. The number of pyridine rings is 1. The molecule has 0 aliphatic carbocycles. The molecule has 2 heterocycles. The zero-order chi connectivity index (χ0) is 13.2. The third kappa shape index (κ3) is 2.55. The Morgan fingerprint density at radius 2 is 2.11 bits per heavy atom. The zero-order valence-corrected chi connectivity index (χ0v) is 11.8. The van der Waals surface area contributed by atoms with Crippen LogP contribution in [-0.4, -0.2) is 14.7 Å². The highest BCUT2D eigenvalue weighted by atomic mass is 79.9. The average molecular weight is 317 g/mol. The van der Waals surface area contributed by atoms with Gasteiger partial charge in [-0.15, -0.1) is 0 Å². The zero-order valence-electron chi connectivity index (χ0n) is 10.2. The number of hydrogen-bond donors (Lipinski definition) is 1. The number of hydrogen-bond acceptors (Lipinski definition) is 2. The van der Waals surface area contributed by atoms with Crippen LogP contribution < -0.4 is 0 Å². The minimum absolute atomic E-state index is 0.547. The maximum atomic E-state index is 10.4. The maximum Gasteiger partial charge on any atom is 0.0867 e. The molecule has 0 spiro atoms. The summed E-state index contributed by atoms with van der Waals surface area (Å²) in [6, 6.07) is 13.8. The SMILES string of the molecule is OC(Cc1cccc(Br)c1)c1cnn2ccccc12. The predicted octanol–water partition coefficient (Wildman–Crippen LogP) is 3.37. The first kappa shape index (κ1) is 12.4. The smallest absolute Gasteiger partial charge is 0.0867 e. The molecule has 1 N–H and O–H groups in total. The quantitative estimate of drug-likeness (QED) is 0.804. The van der Waals surface area contributed by atoms with Gasteiger partial charge in [-0.25, -0.2) is 4.52 Å². The van der Waals surface area contributed by atoms with Crippen LogP contribution in [-0.2, 0) is 6.42 Å². The molecule has 0 amide bonds. The number of aliphatic hydroxyl groups excluding tert-OH is 1. The highest BCUT2D eigenvalue weighted by Gasteiger charge is 2.14. The minimum Gasteiger partial charge on any atom is -0.388 e. The fourth-order valence-corrected chi connectivity index (χ4v) is 2.65. The molecule has 0 saturated heterocycles. The summed E-state index contributed by atoms with van der Waals surface area (Å²) in [6.07, 6.45) is 3.65. The van der Waals surface area contributed by atoms with Crippen molar-refractivity contribution in [2.24, 2.45) is 0 Å². The molecule has 1 aromatic carbocycles. The Kier molecular flexibility index (Phi) is 3.36. The Hall–Kier alpha value is -1.65. The van der Waals surface area contributed by atoms with Gasteiger partial charge in [0, 0.05) is 22.7 Å². The predicted molar refractivity (Wildman–Crippen MR) is 78.0 cm³/mol. The molecule has 2 aromatic heterocycles. The lowest BCUT2D eigenvalue weighted by atomic mass is 10.0. The van der Waals surface area contributed by atoms with E-state index in [1.165, 1.54) is 0 Å². The van der Waals surface area contributed by atoms with Crippen LogP contribution in [0.5, 0.6) is 0 Å². The summed E-state index contributed by atoms with van der Waals surface area (Å²) in [4.78, 5) is 0. The number of halogens is 1. The van der Waals surface area contributed by atoms with E-state index in [2.05, 4.69) is 21.0 Å². The van der Waals surface area contributed by atoms with E-state index in [0.29, 0.717) is 6.42 Å². The summed E-state index contributed by atoms with van der Waals surface area (Å²) >= 11 is 3.44. The maximum absolute atomic E-state index is 10.4. The Morgan fingerprint density at radius 1 is 1.21 bits per heavy atom. The molecule has 3 rings (SSSR count). The normalized spacial score (nSPS) is 12.7. The van der Waals surface area contributed by atoms with Gasteiger partial charge in [0.25, 0.3) is 0 Å². The molecule has 4 heteroatoms. The van der Waals surface area contributed by atoms with Gasteiger partial charge in [0.1, 0.15) is 0 Å². The van der Waals surface area contributed by atoms with Crippen LogP contribution in [0.25, 0.3) is 5.52 Å². The van der Waals surface area contributed by atoms with Crippen LogP contribution in [0, 0.1) is 0 Å². The number of aromatic nitrogens is 2. The Morgan fingerprint density at radius 3 is 2.95 bits per heavy atom. The van der Waals surface area contributed by atoms with Gasteiger partial charge in [0.2, 0.25) is 0 Å². The van der Waals surface area contributed by atoms with Crippen LogP contribution in [0.1, 0.15) is 17.2 Å². The molecule has 96 valence electrons. The second kappa shape index (κ2) is 5.15. The molecule has 3 aromatic rings. The Labute approximate surface area is 119 Å². The van der Waals surface area contributed by atoms with Crippen LogP contribution in [0.3, 0.4) is 0 Å². The van der Waals surface area contributed by atoms with Crippen LogP contribution in [0.4, 0.5) is 0 Å². The van der Waals surface area contributed by atoms with Crippen molar-refractivity contribution in [3.05, 3.63) is 70.5 Å². The summed E-state index contributed by atoms with van der Waals surface area (Å²) in [7, 11) is 0. The van der Waals surface area contributed by atoms with E-state index in [4.69, 9.17) is 0 Å². The fourth-order valence-electron chi connectivity index (χ4n) is 2.21. The monoisotopic (exact) mass is 316 g/mol. The first-order valence-electron chi connectivity index (χ1n) is 6.09. The van der Waals surface area contributed by atoms with Crippen molar-refractivity contribution in [3.8, 4) is 0 Å². The summed E-state index contributed by atoms with van der Waals surface area (Å²) in [6.45, 7) is 0. The van der Waals surface area contributed by atoms with E-state index in [1.807, 2.05) is 48.7 Å².